The molecule has 3 atom stereocenters. The van der Waals surface area contributed by atoms with Gasteiger partial charge < -0.3 is 20.3 Å². The monoisotopic (exact) mass is 748 g/mol. The minimum absolute atomic E-state index is 0.0659. The molecule has 0 saturated heterocycles. The number of carbonyl (C=O) groups is 2. The Kier molecular flexibility index (Phi) is 40.2. The van der Waals surface area contributed by atoms with Gasteiger partial charge in [0.25, 0.3) is 0 Å². The van der Waals surface area contributed by atoms with Gasteiger partial charge in [0, 0.05) is 6.42 Å². The highest BCUT2D eigenvalue weighted by Crippen LogP contribution is 2.17. The summed E-state index contributed by atoms with van der Waals surface area (Å²) < 4.78 is 5.86. The number of unbranched alkanes of at least 4 members (excludes halogenated alkanes) is 25. The second kappa shape index (κ2) is 41.5. The Bertz CT molecular complexity index is 843. The summed E-state index contributed by atoms with van der Waals surface area (Å²) in [5.74, 6) is -0.500. The predicted octanol–water partition coefficient (Wildman–Crippen LogP) is 13.2. The molecule has 3 N–H and O–H groups in total. The summed E-state index contributed by atoms with van der Waals surface area (Å²) in [7, 11) is 0. The molecular formula is C47H89NO5. The zero-order chi connectivity index (χ0) is 38.9. The number of hydrogen-bond donors (Lipinski definition) is 3. The molecule has 0 fully saturated rings. The number of amides is 1. The molecule has 0 aliphatic heterocycles. The fraction of sp³-hybridized carbons (Fsp3) is 0.872. The maximum absolute atomic E-state index is 13.1. The maximum Gasteiger partial charge on any atom is 0.306 e. The second-order valence-corrected chi connectivity index (χ2v) is 15.8. The van der Waals surface area contributed by atoms with Crippen molar-refractivity contribution in [2.75, 3.05) is 6.61 Å². The predicted molar refractivity (Wildman–Crippen MR) is 227 cm³/mol. The van der Waals surface area contributed by atoms with Crippen LogP contribution in [0.5, 0.6) is 0 Å². The molecule has 0 heterocycles. The molecule has 1 amide bonds. The molecule has 0 aromatic carbocycles. The van der Waals surface area contributed by atoms with E-state index in [-0.39, 0.29) is 24.9 Å². The van der Waals surface area contributed by atoms with E-state index in [4.69, 9.17) is 4.74 Å². The fourth-order valence-electron chi connectivity index (χ4n) is 6.94. The van der Waals surface area contributed by atoms with Crippen molar-refractivity contribution in [2.45, 2.75) is 257 Å². The van der Waals surface area contributed by atoms with Crippen LogP contribution in [0.2, 0.25) is 0 Å². The summed E-state index contributed by atoms with van der Waals surface area (Å²) in [6.07, 6.45) is 45.3. The van der Waals surface area contributed by atoms with Crippen LogP contribution in [-0.2, 0) is 14.3 Å². The lowest BCUT2D eigenvalue weighted by Gasteiger charge is -2.24. The third-order valence-corrected chi connectivity index (χ3v) is 10.5. The summed E-state index contributed by atoms with van der Waals surface area (Å²) in [4.78, 5) is 25.9. The largest absolute Gasteiger partial charge is 0.462 e. The lowest BCUT2D eigenvalue weighted by Crippen LogP contribution is -2.46. The van der Waals surface area contributed by atoms with E-state index < -0.39 is 18.2 Å². The van der Waals surface area contributed by atoms with E-state index in [0.717, 1.165) is 77.0 Å². The van der Waals surface area contributed by atoms with E-state index >= 15 is 0 Å². The van der Waals surface area contributed by atoms with Crippen LogP contribution in [0.1, 0.15) is 239 Å². The first-order valence-electron chi connectivity index (χ1n) is 23.1. The minimum Gasteiger partial charge on any atom is -0.462 e. The summed E-state index contributed by atoms with van der Waals surface area (Å²) in [6, 6.07) is -0.702. The SMILES string of the molecule is CCC/C=C\CCCCCCCC(=O)OC(CCCCC/C=C\CCCC)CC(=O)NC(CO)C(O)CCCCCCCCCCCCCCCCC. The summed E-state index contributed by atoms with van der Waals surface area (Å²) in [6.45, 7) is 6.37. The zero-order valence-corrected chi connectivity index (χ0v) is 35.4. The molecule has 0 rings (SSSR count). The van der Waals surface area contributed by atoms with Crippen LogP contribution in [0.15, 0.2) is 24.3 Å². The van der Waals surface area contributed by atoms with E-state index in [9.17, 15) is 19.8 Å². The molecular weight excluding hydrogens is 659 g/mol. The molecule has 0 aromatic rings. The Labute approximate surface area is 329 Å². The molecule has 0 bridgehead atoms. The Hall–Kier alpha value is -1.66. The number of nitrogens with one attached hydrogen (secondary N) is 1. The summed E-state index contributed by atoms with van der Waals surface area (Å²) in [5.41, 5.74) is 0. The molecule has 0 aliphatic carbocycles. The van der Waals surface area contributed by atoms with Gasteiger partial charge >= 0.3 is 5.97 Å². The van der Waals surface area contributed by atoms with Crippen LogP contribution >= 0.6 is 0 Å². The van der Waals surface area contributed by atoms with Gasteiger partial charge in [-0.05, 0) is 64.2 Å². The topological polar surface area (TPSA) is 95.9 Å². The Morgan fingerprint density at radius 1 is 0.528 bits per heavy atom. The number of ether oxygens (including phenoxy) is 1. The molecule has 312 valence electrons. The first-order chi connectivity index (χ1) is 26.0. The van der Waals surface area contributed by atoms with E-state index in [1.165, 1.54) is 116 Å². The van der Waals surface area contributed by atoms with Crippen molar-refractivity contribution in [1.29, 1.82) is 0 Å². The Balaban J connectivity index is 4.47. The first-order valence-corrected chi connectivity index (χ1v) is 23.1. The van der Waals surface area contributed by atoms with Crippen LogP contribution in [-0.4, -0.2) is 46.9 Å². The van der Waals surface area contributed by atoms with Crippen LogP contribution in [0.3, 0.4) is 0 Å². The number of esters is 1. The van der Waals surface area contributed by atoms with Crippen LogP contribution in [0, 0.1) is 0 Å². The van der Waals surface area contributed by atoms with Gasteiger partial charge in [0.05, 0.1) is 25.2 Å². The van der Waals surface area contributed by atoms with Gasteiger partial charge in [-0.1, -0.05) is 186 Å². The highest BCUT2D eigenvalue weighted by atomic mass is 16.5. The lowest BCUT2D eigenvalue weighted by molar-refractivity contribution is -0.151. The third kappa shape index (κ3) is 37.1. The van der Waals surface area contributed by atoms with E-state index in [0.29, 0.717) is 19.3 Å². The van der Waals surface area contributed by atoms with E-state index in [1.54, 1.807) is 0 Å². The molecule has 0 radical (unpaired) electrons. The van der Waals surface area contributed by atoms with Crippen molar-refractivity contribution in [3.8, 4) is 0 Å². The first kappa shape index (κ1) is 51.3. The molecule has 6 heteroatoms. The molecule has 6 nitrogen and oxygen atoms in total. The van der Waals surface area contributed by atoms with E-state index in [1.807, 2.05) is 0 Å². The number of aliphatic hydroxyl groups is 2. The summed E-state index contributed by atoms with van der Waals surface area (Å²) in [5, 5.41) is 23.6. The molecule has 0 spiro atoms. The average molecular weight is 748 g/mol. The van der Waals surface area contributed by atoms with Crippen molar-refractivity contribution in [3.63, 3.8) is 0 Å². The van der Waals surface area contributed by atoms with Crippen LogP contribution in [0.25, 0.3) is 0 Å². The van der Waals surface area contributed by atoms with Gasteiger partial charge in [0.2, 0.25) is 5.91 Å². The Morgan fingerprint density at radius 3 is 1.49 bits per heavy atom. The quantitative estimate of drug-likeness (QED) is 0.0329. The standard InChI is InChI=1S/C47H89NO5/c1-4-7-10-13-16-19-21-22-23-24-25-27-30-33-36-39-45(50)44(42-49)48-46(51)41-43(38-35-32-29-26-18-15-12-9-6-3)53-47(52)40-37-34-31-28-20-17-14-11-8-5-2/h11,14-15,18,43-45,49-50H,4-10,12-13,16-17,19-42H2,1-3H3,(H,48,51)/b14-11-,18-15-. The highest BCUT2D eigenvalue weighted by molar-refractivity contribution is 5.77. The molecule has 0 saturated carbocycles. The van der Waals surface area contributed by atoms with Crippen molar-refractivity contribution in [2.24, 2.45) is 0 Å². The van der Waals surface area contributed by atoms with Gasteiger partial charge in [-0.25, -0.2) is 0 Å². The van der Waals surface area contributed by atoms with Gasteiger partial charge in [-0.15, -0.1) is 0 Å². The number of aliphatic hydroxyl groups excluding tert-OH is 2. The summed E-state index contributed by atoms with van der Waals surface area (Å²) >= 11 is 0. The third-order valence-electron chi connectivity index (χ3n) is 10.5. The second-order valence-electron chi connectivity index (χ2n) is 15.8. The van der Waals surface area contributed by atoms with E-state index in [2.05, 4.69) is 50.4 Å². The highest BCUT2D eigenvalue weighted by Gasteiger charge is 2.24. The molecule has 3 unspecified atom stereocenters. The number of allylic oxidation sites excluding steroid dienone is 4. The zero-order valence-electron chi connectivity index (χ0n) is 35.4. The fourth-order valence-corrected chi connectivity index (χ4v) is 6.94. The molecule has 0 aliphatic rings. The van der Waals surface area contributed by atoms with Gasteiger partial charge in [-0.3, -0.25) is 9.59 Å². The smallest absolute Gasteiger partial charge is 0.306 e. The lowest BCUT2D eigenvalue weighted by atomic mass is 10.0. The normalized spacial score (nSPS) is 13.5. The number of rotatable bonds is 41. The van der Waals surface area contributed by atoms with Crippen molar-refractivity contribution >= 4 is 11.9 Å². The number of hydrogen-bond acceptors (Lipinski definition) is 5. The molecule has 53 heavy (non-hydrogen) atoms. The maximum atomic E-state index is 13.1. The van der Waals surface area contributed by atoms with Crippen LogP contribution in [0.4, 0.5) is 0 Å². The van der Waals surface area contributed by atoms with Crippen molar-refractivity contribution < 1.29 is 24.5 Å². The molecule has 0 aromatic heterocycles. The number of carbonyl (C=O) groups excluding carboxylic acids is 2. The minimum atomic E-state index is -0.787. The van der Waals surface area contributed by atoms with Gasteiger partial charge in [0.15, 0.2) is 0 Å². The Morgan fingerprint density at radius 2 is 0.962 bits per heavy atom. The van der Waals surface area contributed by atoms with Crippen LogP contribution < -0.4 is 5.32 Å². The average Bonchev–Trinajstić information content (AvgIpc) is 3.15. The van der Waals surface area contributed by atoms with Gasteiger partial charge in [0.1, 0.15) is 6.10 Å². The van der Waals surface area contributed by atoms with Gasteiger partial charge in [-0.2, -0.15) is 0 Å². The van der Waals surface area contributed by atoms with Crippen molar-refractivity contribution in [1.82, 2.24) is 5.32 Å². The van der Waals surface area contributed by atoms with Crippen molar-refractivity contribution in [3.05, 3.63) is 24.3 Å².